The standard InChI is InChI=1S/C13H13Cl2F3O5S/c1-2-22-12(19)11(23-24(20,21)13(16,17)18)6-4-8-3-5-9(14)10(15)7-8/h3,5,7,11H,2,4,6H2,1H3/t11-/m1/s1. The second-order valence-corrected chi connectivity index (χ2v) is 6.90. The van der Waals surface area contributed by atoms with Crippen molar-refractivity contribution in [3.8, 4) is 0 Å². The fourth-order valence-corrected chi connectivity index (χ4v) is 2.55. The maximum atomic E-state index is 12.4. The van der Waals surface area contributed by atoms with Crippen molar-refractivity contribution in [1.29, 1.82) is 0 Å². The second-order valence-electron chi connectivity index (χ2n) is 4.52. The van der Waals surface area contributed by atoms with Gasteiger partial charge in [-0.05, 0) is 37.5 Å². The lowest BCUT2D eigenvalue weighted by molar-refractivity contribution is -0.152. The van der Waals surface area contributed by atoms with E-state index in [0.29, 0.717) is 5.56 Å². The third kappa shape index (κ3) is 5.80. The van der Waals surface area contributed by atoms with Gasteiger partial charge in [0, 0.05) is 0 Å². The zero-order valence-corrected chi connectivity index (χ0v) is 14.6. The second kappa shape index (κ2) is 8.37. The zero-order valence-electron chi connectivity index (χ0n) is 12.3. The third-order valence-electron chi connectivity index (χ3n) is 2.76. The van der Waals surface area contributed by atoms with Crippen LogP contribution in [0.5, 0.6) is 0 Å². The molecular formula is C13H13Cl2F3O5S. The van der Waals surface area contributed by atoms with Crippen LogP contribution >= 0.6 is 23.2 Å². The number of rotatable bonds is 7. The summed E-state index contributed by atoms with van der Waals surface area (Å²) in [6.07, 6.45) is -2.26. The van der Waals surface area contributed by atoms with Crippen LogP contribution in [0.25, 0.3) is 0 Å². The molecule has 0 aliphatic heterocycles. The summed E-state index contributed by atoms with van der Waals surface area (Å²) in [5.41, 5.74) is -5.10. The lowest BCUT2D eigenvalue weighted by atomic mass is 10.1. The fraction of sp³-hybridized carbons (Fsp3) is 0.462. The summed E-state index contributed by atoms with van der Waals surface area (Å²) in [6, 6.07) is 4.45. The predicted octanol–water partition coefficient (Wildman–Crippen LogP) is 3.72. The van der Waals surface area contributed by atoms with Crippen molar-refractivity contribution in [3.05, 3.63) is 33.8 Å². The van der Waals surface area contributed by atoms with Crippen molar-refractivity contribution in [2.45, 2.75) is 31.4 Å². The number of hydrogen-bond donors (Lipinski definition) is 0. The molecule has 0 fully saturated rings. The molecule has 0 bridgehead atoms. The zero-order chi connectivity index (χ0) is 18.5. The number of carbonyl (C=O) groups excluding carboxylic acids is 1. The smallest absolute Gasteiger partial charge is 0.464 e. The topological polar surface area (TPSA) is 69.7 Å². The quantitative estimate of drug-likeness (QED) is 0.390. The molecule has 24 heavy (non-hydrogen) atoms. The number of benzene rings is 1. The molecule has 1 aromatic rings. The lowest BCUT2D eigenvalue weighted by Gasteiger charge is -2.17. The van der Waals surface area contributed by atoms with Crippen LogP contribution in [0.4, 0.5) is 13.2 Å². The monoisotopic (exact) mass is 408 g/mol. The van der Waals surface area contributed by atoms with Crippen LogP contribution in [0.15, 0.2) is 18.2 Å². The third-order valence-corrected chi connectivity index (χ3v) is 4.55. The maximum Gasteiger partial charge on any atom is 0.523 e. The SMILES string of the molecule is CCOC(=O)[C@@H](CCc1ccc(Cl)c(Cl)c1)OS(=O)(=O)C(F)(F)F. The molecule has 0 N–H and O–H groups in total. The van der Waals surface area contributed by atoms with Crippen LogP contribution in [0.1, 0.15) is 18.9 Å². The van der Waals surface area contributed by atoms with Crippen molar-refractivity contribution in [2.75, 3.05) is 6.61 Å². The van der Waals surface area contributed by atoms with Crippen molar-refractivity contribution in [3.63, 3.8) is 0 Å². The Kier molecular flexibility index (Phi) is 7.33. The fourth-order valence-electron chi connectivity index (χ4n) is 1.64. The van der Waals surface area contributed by atoms with Crippen LogP contribution in [0, 0.1) is 0 Å². The van der Waals surface area contributed by atoms with E-state index in [9.17, 15) is 26.4 Å². The molecule has 0 saturated carbocycles. The Morgan fingerprint density at radius 3 is 2.38 bits per heavy atom. The molecule has 0 saturated heterocycles. The van der Waals surface area contributed by atoms with Crippen LogP contribution in [0.2, 0.25) is 10.0 Å². The summed E-state index contributed by atoms with van der Waals surface area (Å²) in [5, 5.41) is 0.490. The maximum absolute atomic E-state index is 12.4. The average Bonchev–Trinajstić information content (AvgIpc) is 2.45. The first-order valence-electron chi connectivity index (χ1n) is 6.58. The van der Waals surface area contributed by atoms with Crippen LogP contribution in [-0.2, 0) is 30.3 Å². The number of esters is 1. The van der Waals surface area contributed by atoms with Crippen LogP contribution < -0.4 is 0 Å². The van der Waals surface area contributed by atoms with Crippen molar-refractivity contribution < 1.29 is 35.3 Å². The molecule has 0 aliphatic carbocycles. The molecule has 5 nitrogen and oxygen atoms in total. The summed E-state index contributed by atoms with van der Waals surface area (Å²) < 4.78 is 68.0. The highest BCUT2D eigenvalue weighted by Crippen LogP contribution is 2.28. The number of hydrogen-bond acceptors (Lipinski definition) is 5. The van der Waals surface area contributed by atoms with Gasteiger partial charge in [0.05, 0.1) is 16.7 Å². The van der Waals surface area contributed by atoms with Gasteiger partial charge >= 0.3 is 21.6 Å². The number of aryl methyl sites for hydroxylation is 1. The van der Waals surface area contributed by atoms with E-state index >= 15 is 0 Å². The van der Waals surface area contributed by atoms with Gasteiger partial charge in [-0.15, -0.1) is 0 Å². The lowest BCUT2D eigenvalue weighted by Crippen LogP contribution is -2.35. The Balaban J connectivity index is 2.90. The Labute approximate surface area is 146 Å². The number of ether oxygens (including phenoxy) is 1. The van der Waals surface area contributed by atoms with Crippen LogP contribution in [0.3, 0.4) is 0 Å². The van der Waals surface area contributed by atoms with E-state index in [1.807, 2.05) is 0 Å². The summed E-state index contributed by atoms with van der Waals surface area (Å²) in [6.45, 7) is 1.28. The number of carbonyl (C=O) groups is 1. The van der Waals surface area contributed by atoms with Gasteiger partial charge in [-0.3, -0.25) is 0 Å². The Bertz CT molecular complexity index is 691. The van der Waals surface area contributed by atoms with E-state index in [1.54, 1.807) is 0 Å². The number of alkyl halides is 3. The van der Waals surface area contributed by atoms with Gasteiger partial charge in [0.1, 0.15) is 0 Å². The molecule has 11 heteroatoms. The summed E-state index contributed by atoms with van der Waals surface area (Å²) in [5.74, 6) is -1.20. The van der Waals surface area contributed by atoms with Gasteiger partial charge in [-0.2, -0.15) is 21.6 Å². The van der Waals surface area contributed by atoms with E-state index in [4.69, 9.17) is 23.2 Å². The van der Waals surface area contributed by atoms with Gasteiger partial charge < -0.3 is 4.74 Å². The molecule has 0 heterocycles. The molecular weight excluding hydrogens is 396 g/mol. The first-order chi connectivity index (χ1) is 11.0. The highest BCUT2D eigenvalue weighted by molar-refractivity contribution is 7.87. The summed E-state index contributed by atoms with van der Waals surface area (Å²) in [4.78, 5) is 11.7. The molecule has 0 aromatic heterocycles. The van der Waals surface area contributed by atoms with Crippen molar-refractivity contribution >= 4 is 39.3 Å². The predicted molar refractivity (Wildman–Crippen MR) is 81.3 cm³/mol. The minimum atomic E-state index is -5.93. The molecule has 0 unspecified atom stereocenters. The Hall–Kier alpha value is -1.03. The molecule has 0 spiro atoms. The molecule has 0 amide bonds. The Morgan fingerprint density at radius 2 is 1.88 bits per heavy atom. The van der Waals surface area contributed by atoms with E-state index < -0.39 is 27.7 Å². The Morgan fingerprint density at radius 1 is 1.25 bits per heavy atom. The number of halogens is 5. The molecule has 0 radical (unpaired) electrons. The molecule has 1 rings (SSSR count). The van der Waals surface area contributed by atoms with Gasteiger partial charge in [0.2, 0.25) is 0 Å². The minimum absolute atomic E-state index is 0.0216. The highest BCUT2D eigenvalue weighted by Gasteiger charge is 2.49. The van der Waals surface area contributed by atoms with Crippen molar-refractivity contribution in [2.24, 2.45) is 0 Å². The van der Waals surface area contributed by atoms with Crippen LogP contribution in [-0.4, -0.2) is 32.6 Å². The van der Waals surface area contributed by atoms with Crippen molar-refractivity contribution in [1.82, 2.24) is 0 Å². The van der Waals surface area contributed by atoms with Gasteiger partial charge in [-0.1, -0.05) is 29.3 Å². The first kappa shape index (κ1) is 21.0. The molecule has 1 aromatic carbocycles. The normalized spacial score (nSPS) is 13.6. The average molecular weight is 409 g/mol. The summed E-state index contributed by atoms with van der Waals surface area (Å²) in [7, 11) is -5.93. The molecule has 0 aliphatic rings. The molecule has 1 atom stereocenters. The summed E-state index contributed by atoms with van der Waals surface area (Å²) >= 11 is 11.5. The van der Waals surface area contributed by atoms with E-state index in [0.717, 1.165) is 0 Å². The van der Waals surface area contributed by atoms with E-state index in [1.165, 1.54) is 25.1 Å². The first-order valence-corrected chi connectivity index (χ1v) is 8.74. The van der Waals surface area contributed by atoms with Gasteiger partial charge in [0.15, 0.2) is 6.10 Å². The van der Waals surface area contributed by atoms with Gasteiger partial charge in [0.25, 0.3) is 0 Å². The highest BCUT2D eigenvalue weighted by atomic mass is 35.5. The van der Waals surface area contributed by atoms with Gasteiger partial charge in [-0.25, -0.2) is 8.98 Å². The van der Waals surface area contributed by atoms with E-state index in [2.05, 4.69) is 8.92 Å². The van der Waals surface area contributed by atoms with E-state index in [-0.39, 0.29) is 29.5 Å². The largest absolute Gasteiger partial charge is 0.523 e. The minimum Gasteiger partial charge on any atom is -0.464 e. The molecule has 136 valence electrons.